The molecule has 1 saturated heterocycles. The summed E-state index contributed by atoms with van der Waals surface area (Å²) < 4.78 is 27.3. The van der Waals surface area contributed by atoms with Gasteiger partial charge in [-0.2, -0.15) is 8.42 Å². The molecule has 0 saturated carbocycles. The summed E-state index contributed by atoms with van der Waals surface area (Å²) in [6.07, 6.45) is 2.86. The first kappa shape index (κ1) is 32.2. The predicted octanol–water partition coefficient (Wildman–Crippen LogP) is 1.78. The van der Waals surface area contributed by atoms with Crippen molar-refractivity contribution < 1.29 is 27.6 Å². The highest BCUT2D eigenvalue weighted by Crippen LogP contribution is 2.21. The molecule has 12 heteroatoms. The summed E-state index contributed by atoms with van der Waals surface area (Å²) >= 11 is 0. The molecule has 3 aromatic carbocycles. The fourth-order valence-electron chi connectivity index (χ4n) is 4.93. The summed E-state index contributed by atoms with van der Waals surface area (Å²) in [6.45, 7) is 1.43. The summed E-state index contributed by atoms with van der Waals surface area (Å²) in [5, 5.41) is 8.42. The minimum absolute atomic E-state index is 0.115. The molecule has 2 atom stereocenters. The number of nitrogens with one attached hydrogen (secondary N) is 4. The van der Waals surface area contributed by atoms with Gasteiger partial charge in [0.2, 0.25) is 17.7 Å². The Balaban J connectivity index is 1.45. The van der Waals surface area contributed by atoms with Gasteiger partial charge in [-0.05, 0) is 48.1 Å². The van der Waals surface area contributed by atoms with Crippen LogP contribution in [0.5, 0.6) is 0 Å². The Morgan fingerprint density at radius 3 is 1.91 bits per heavy atom. The number of amides is 4. The lowest BCUT2D eigenvalue weighted by molar-refractivity contribution is -0.131. The van der Waals surface area contributed by atoms with Crippen LogP contribution in [-0.4, -0.2) is 57.2 Å². The van der Waals surface area contributed by atoms with Crippen LogP contribution in [0.25, 0.3) is 0 Å². The molecular weight excluding hydrogens is 582 g/mol. The summed E-state index contributed by atoms with van der Waals surface area (Å²) in [5.74, 6) is -1.87. The lowest BCUT2D eigenvalue weighted by Crippen LogP contribution is -2.55. The monoisotopic (exact) mass is 619 g/mol. The lowest BCUT2D eigenvalue weighted by atomic mass is 10.0. The van der Waals surface area contributed by atoms with Gasteiger partial charge in [-0.25, -0.2) is 9.03 Å². The van der Waals surface area contributed by atoms with Gasteiger partial charge in [-0.1, -0.05) is 72.8 Å². The molecular formula is C32H37N5O6S. The first-order valence-electron chi connectivity index (χ1n) is 14.5. The number of carbonyl (C=O) groups is 4. The van der Waals surface area contributed by atoms with Crippen molar-refractivity contribution in [3.05, 3.63) is 102 Å². The molecule has 3 aromatic rings. The van der Waals surface area contributed by atoms with Crippen LogP contribution in [0.4, 0.5) is 5.69 Å². The maximum absolute atomic E-state index is 13.4. The van der Waals surface area contributed by atoms with Crippen LogP contribution in [0.2, 0.25) is 0 Å². The summed E-state index contributed by atoms with van der Waals surface area (Å²) in [7, 11) is -3.95. The molecule has 4 N–H and O–H groups in total. The Labute approximate surface area is 257 Å². The topological polar surface area (TPSA) is 154 Å². The zero-order valence-corrected chi connectivity index (χ0v) is 25.3. The molecule has 0 aromatic heterocycles. The first-order valence-corrected chi connectivity index (χ1v) is 15.9. The van der Waals surface area contributed by atoms with Crippen molar-refractivity contribution >= 4 is 39.5 Å². The van der Waals surface area contributed by atoms with Crippen molar-refractivity contribution in [3.8, 4) is 0 Å². The Morgan fingerprint density at radius 1 is 0.773 bits per heavy atom. The van der Waals surface area contributed by atoms with Gasteiger partial charge in [0.15, 0.2) is 0 Å². The Morgan fingerprint density at radius 2 is 1.34 bits per heavy atom. The zero-order valence-electron chi connectivity index (χ0n) is 24.5. The van der Waals surface area contributed by atoms with Crippen LogP contribution in [0.1, 0.15) is 36.5 Å². The van der Waals surface area contributed by atoms with Gasteiger partial charge in [0, 0.05) is 26.3 Å². The number of carbonyl (C=O) groups excluding carboxylic acids is 4. The van der Waals surface area contributed by atoms with E-state index in [1.54, 1.807) is 24.3 Å². The van der Waals surface area contributed by atoms with Gasteiger partial charge in [0.1, 0.15) is 18.6 Å². The van der Waals surface area contributed by atoms with E-state index in [1.165, 1.54) is 12.5 Å². The van der Waals surface area contributed by atoms with Gasteiger partial charge in [-0.15, -0.1) is 0 Å². The maximum Gasteiger partial charge on any atom is 0.326 e. The summed E-state index contributed by atoms with van der Waals surface area (Å²) in [5.41, 5.74) is 3.02. The van der Waals surface area contributed by atoms with Crippen molar-refractivity contribution in [2.75, 3.05) is 17.4 Å². The number of unbranched alkanes of at least 4 members (excludes halogenated alkanes) is 1. The molecule has 1 unspecified atom stereocenters. The van der Waals surface area contributed by atoms with E-state index in [0.717, 1.165) is 29.1 Å². The van der Waals surface area contributed by atoms with E-state index < -0.39 is 34.1 Å². The Hall–Kier alpha value is -4.71. The SMILES string of the molecule is CC(=O)NC(Cc1ccccc1)C(=O)N[C@@H](Cc1ccc(N2CC(=O)NS2(=O)=O)cc1)C(=O)NCCCCc1ccccc1. The second kappa shape index (κ2) is 15.1. The van der Waals surface area contributed by atoms with Crippen molar-refractivity contribution in [1.29, 1.82) is 0 Å². The Kier molecular flexibility index (Phi) is 11.1. The average Bonchev–Trinajstić information content (AvgIpc) is 3.28. The fraction of sp³-hybridized carbons (Fsp3) is 0.312. The van der Waals surface area contributed by atoms with Crippen LogP contribution < -0.4 is 25.0 Å². The quantitative estimate of drug-likeness (QED) is 0.202. The highest BCUT2D eigenvalue weighted by molar-refractivity contribution is 7.92. The summed E-state index contributed by atoms with van der Waals surface area (Å²) in [4.78, 5) is 50.4. The van der Waals surface area contributed by atoms with Gasteiger partial charge >= 0.3 is 10.2 Å². The molecule has 1 fully saturated rings. The molecule has 4 amide bonds. The second-order valence-electron chi connectivity index (χ2n) is 10.6. The minimum Gasteiger partial charge on any atom is -0.354 e. The van der Waals surface area contributed by atoms with Crippen LogP contribution in [0, 0.1) is 0 Å². The van der Waals surface area contributed by atoms with Gasteiger partial charge < -0.3 is 16.0 Å². The van der Waals surface area contributed by atoms with Gasteiger partial charge in [0.25, 0.3) is 5.91 Å². The molecule has 0 bridgehead atoms. The van der Waals surface area contributed by atoms with Gasteiger partial charge in [0.05, 0.1) is 5.69 Å². The van der Waals surface area contributed by atoms with Crippen LogP contribution in [0.15, 0.2) is 84.9 Å². The second-order valence-corrected chi connectivity index (χ2v) is 12.2. The van der Waals surface area contributed by atoms with E-state index in [9.17, 15) is 27.6 Å². The highest BCUT2D eigenvalue weighted by Gasteiger charge is 2.34. The third kappa shape index (κ3) is 9.40. The molecule has 232 valence electrons. The van der Waals surface area contributed by atoms with E-state index in [2.05, 4.69) is 28.1 Å². The Bertz CT molecular complexity index is 1550. The first-order chi connectivity index (χ1) is 21.1. The third-order valence-corrected chi connectivity index (χ3v) is 8.53. The largest absolute Gasteiger partial charge is 0.354 e. The molecule has 11 nitrogen and oxygen atoms in total. The number of rotatable bonds is 14. The molecule has 1 aliphatic heterocycles. The van der Waals surface area contributed by atoms with E-state index in [4.69, 9.17) is 0 Å². The summed E-state index contributed by atoms with van der Waals surface area (Å²) in [6, 6.07) is 23.8. The number of nitrogens with zero attached hydrogens (tertiary/aromatic N) is 1. The van der Waals surface area contributed by atoms with E-state index in [-0.39, 0.29) is 31.2 Å². The molecule has 0 aliphatic carbocycles. The number of anilines is 1. The number of aryl methyl sites for hydroxylation is 1. The number of benzene rings is 3. The van der Waals surface area contributed by atoms with Crippen LogP contribution in [0.3, 0.4) is 0 Å². The molecule has 4 rings (SSSR count). The average molecular weight is 620 g/mol. The normalized spacial score (nSPS) is 15.1. The lowest BCUT2D eigenvalue weighted by Gasteiger charge is -2.23. The van der Waals surface area contributed by atoms with E-state index in [0.29, 0.717) is 17.8 Å². The zero-order chi connectivity index (χ0) is 31.5. The van der Waals surface area contributed by atoms with E-state index in [1.807, 2.05) is 53.3 Å². The van der Waals surface area contributed by atoms with Crippen molar-refractivity contribution in [2.45, 2.75) is 51.1 Å². The van der Waals surface area contributed by atoms with Crippen molar-refractivity contribution in [2.24, 2.45) is 0 Å². The molecule has 1 heterocycles. The minimum atomic E-state index is -3.95. The smallest absolute Gasteiger partial charge is 0.326 e. The molecule has 0 spiro atoms. The number of hydrogen-bond donors (Lipinski definition) is 4. The van der Waals surface area contributed by atoms with Crippen molar-refractivity contribution in [1.82, 2.24) is 20.7 Å². The van der Waals surface area contributed by atoms with E-state index >= 15 is 0 Å². The third-order valence-electron chi connectivity index (χ3n) is 7.13. The molecule has 44 heavy (non-hydrogen) atoms. The van der Waals surface area contributed by atoms with Crippen LogP contribution >= 0.6 is 0 Å². The molecule has 1 aliphatic rings. The number of hydrogen-bond acceptors (Lipinski definition) is 6. The van der Waals surface area contributed by atoms with Gasteiger partial charge in [-0.3, -0.25) is 19.2 Å². The standard InChI is InChI=1S/C32H37N5O6S/c1-23(38)34-29(20-25-13-6-3-7-14-25)32(41)35-28(31(40)33-19-9-8-12-24-10-4-2-5-11-24)21-26-15-17-27(18-16-26)37-22-30(39)36-44(37,42)43/h2-7,10-11,13-18,28-29H,8-9,12,19-22H2,1H3,(H,33,40)(H,34,38)(H,35,41)(H,36,39)/t28-,29?/m0/s1. The van der Waals surface area contributed by atoms with Crippen molar-refractivity contribution in [3.63, 3.8) is 0 Å². The molecule has 0 radical (unpaired) electrons. The fourth-order valence-corrected chi connectivity index (χ4v) is 6.08. The maximum atomic E-state index is 13.4. The van der Waals surface area contributed by atoms with Crippen LogP contribution in [-0.2, 0) is 48.6 Å². The predicted molar refractivity (Wildman–Crippen MR) is 167 cm³/mol. The highest BCUT2D eigenvalue weighted by atomic mass is 32.2.